The van der Waals surface area contributed by atoms with Crippen molar-refractivity contribution in [2.45, 2.75) is 36.4 Å². The number of anilines is 1. The van der Waals surface area contributed by atoms with Gasteiger partial charge in [0.25, 0.3) is 0 Å². The van der Waals surface area contributed by atoms with Crippen molar-refractivity contribution in [3.8, 4) is 5.88 Å². The molecule has 1 spiro atoms. The first-order valence-electron chi connectivity index (χ1n) is 13.5. The molecule has 1 amide bonds. The van der Waals surface area contributed by atoms with Crippen LogP contribution in [0.4, 0.5) is 10.1 Å². The minimum atomic E-state index is -1.29. The number of hydrogen-bond acceptors (Lipinski definition) is 5. The van der Waals surface area contributed by atoms with Crippen LogP contribution in [0.2, 0.25) is 10.0 Å². The smallest absolute Gasteiger partial charge is 0.335 e. The Bertz CT molecular complexity index is 1810. The topological polar surface area (TPSA) is 96.7 Å². The first kappa shape index (κ1) is 25.1. The Hall–Kier alpha value is -3.66. The van der Waals surface area contributed by atoms with Crippen LogP contribution in [0.3, 0.4) is 0 Å². The van der Waals surface area contributed by atoms with Gasteiger partial charge in [-0.2, -0.15) is 5.10 Å². The molecule has 4 atom stereocenters. The van der Waals surface area contributed by atoms with E-state index in [1.54, 1.807) is 35.0 Å². The normalized spacial score (nSPS) is 26.5. The summed E-state index contributed by atoms with van der Waals surface area (Å²) >= 11 is 12.7. The summed E-state index contributed by atoms with van der Waals surface area (Å²) in [6.45, 7) is 0.837. The summed E-state index contributed by atoms with van der Waals surface area (Å²) < 4.78 is 24.2. The maximum atomic E-state index is 16.1. The standard InChI is InChI=1S/C30H23Cl2FN4O4/c31-16-7-8-19-22(11-16)34-29(40)30(19)24(17-2-1-3-20(32)25(17)33)26-23(36(30)12-14-4-5-14)13-41-27-18-10-15(28(38)39)6-9-21(18)35-37(26)27/h1-3,6-11,14,23-24,26H,4-5,12-13H2,(H,34,40)(H,38,39)/t23-,24-,26+,30+/m0/s1. The zero-order valence-corrected chi connectivity index (χ0v) is 23.0. The molecule has 4 aliphatic rings. The third-order valence-corrected chi connectivity index (χ3v) is 9.59. The number of carboxylic acid groups (broad SMARTS) is 1. The number of aromatic nitrogens is 2. The number of fused-ring (bicyclic) bond motifs is 7. The first-order chi connectivity index (χ1) is 19.8. The molecule has 0 bridgehead atoms. The lowest BCUT2D eigenvalue weighted by atomic mass is 9.73. The summed E-state index contributed by atoms with van der Waals surface area (Å²) in [5.41, 5.74) is 0.982. The molecule has 11 heteroatoms. The monoisotopic (exact) mass is 592 g/mol. The number of nitrogens with one attached hydrogen (secondary N) is 1. The second-order valence-corrected chi connectivity index (χ2v) is 12.1. The summed E-state index contributed by atoms with van der Waals surface area (Å²) in [7, 11) is 0. The van der Waals surface area contributed by atoms with Crippen molar-refractivity contribution < 1.29 is 23.8 Å². The predicted molar refractivity (Wildman–Crippen MR) is 150 cm³/mol. The maximum absolute atomic E-state index is 16.1. The van der Waals surface area contributed by atoms with E-state index in [2.05, 4.69) is 10.2 Å². The van der Waals surface area contributed by atoms with Crippen LogP contribution in [0.5, 0.6) is 5.88 Å². The van der Waals surface area contributed by atoms with Gasteiger partial charge in [0.1, 0.15) is 18.0 Å². The second-order valence-electron chi connectivity index (χ2n) is 11.3. The third-order valence-electron chi connectivity index (χ3n) is 9.06. The number of halogens is 3. The van der Waals surface area contributed by atoms with E-state index >= 15 is 4.39 Å². The van der Waals surface area contributed by atoms with Crippen LogP contribution in [-0.4, -0.2) is 50.9 Å². The van der Waals surface area contributed by atoms with Crippen LogP contribution in [0.15, 0.2) is 54.6 Å². The molecule has 1 aliphatic carbocycles. The lowest BCUT2D eigenvalue weighted by molar-refractivity contribution is -0.128. The van der Waals surface area contributed by atoms with Crippen LogP contribution in [0, 0.1) is 11.7 Å². The number of benzene rings is 3. The van der Waals surface area contributed by atoms with Gasteiger partial charge in [-0.15, -0.1) is 0 Å². The molecule has 8 nitrogen and oxygen atoms in total. The summed E-state index contributed by atoms with van der Waals surface area (Å²) in [5.74, 6) is -1.86. The lowest BCUT2D eigenvalue weighted by Crippen LogP contribution is -2.54. The minimum Gasteiger partial charge on any atom is -0.478 e. The number of nitrogens with zero attached hydrogens (tertiary/aromatic N) is 3. The summed E-state index contributed by atoms with van der Waals surface area (Å²) in [6, 6.07) is 14.0. The third kappa shape index (κ3) is 3.40. The Kier molecular flexibility index (Phi) is 5.31. The average molecular weight is 593 g/mol. The molecule has 3 aliphatic heterocycles. The highest BCUT2D eigenvalue weighted by Crippen LogP contribution is 2.63. The van der Waals surface area contributed by atoms with Crippen molar-refractivity contribution in [3.05, 3.63) is 87.2 Å². The van der Waals surface area contributed by atoms with Gasteiger partial charge in [0.05, 0.1) is 33.6 Å². The van der Waals surface area contributed by atoms with Crippen LogP contribution < -0.4 is 10.1 Å². The van der Waals surface area contributed by atoms with Crippen molar-refractivity contribution in [2.24, 2.45) is 5.92 Å². The molecule has 4 aromatic rings. The molecule has 4 heterocycles. The van der Waals surface area contributed by atoms with Gasteiger partial charge in [-0.3, -0.25) is 9.69 Å². The van der Waals surface area contributed by atoms with E-state index in [-0.39, 0.29) is 29.1 Å². The highest BCUT2D eigenvalue weighted by Gasteiger charge is 2.69. The number of ether oxygens (including phenoxy) is 1. The van der Waals surface area contributed by atoms with E-state index in [0.717, 1.165) is 18.4 Å². The fraction of sp³-hybridized carbons (Fsp3) is 0.300. The maximum Gasteiger partial charge on any atom is 0.335 e. The molecular formula is C30H23Cl2FN4O4. The van der Waals surface area contributed by atoms with Crippen LogP contribution in [0.25, 0.3) is 10.9 Å². The Morgan fingerprint density at radius 2 is 2.00 bits per heavy atom. The molecule has 208 valence electrons. The Balaban J connectivity index is 1.43. The molecule has 1 aromatic heterocycles. The highest BCUT2D eigenvalue weighted by atomic mass is 35.5. The van der Waals surface area contributed by atoms with E-state index in [0.29, 0.717) is 45.5 Å². The van der Waals surface area contributed by atoms with Gasteiger partial charge in [0, 0.05) is 28.7 Å². The quantitative estimate of drug-likeness (QED) is 0.309. The number of rotatable bonds is 4. The number of likely N-dealkylation sites (tertiary alicyclic amines) is 1. The molecule has 1 saturated carbocycles. The van der Waals surface area contributed by atoms with Crippen LogP contribution in [0.1, 0.15) is 46.3 Å². The molecule has 2 N–H and O–H groups in total. The molecule has 0 radical (unpaired) electrons. The number of aromatic carboxylic acids is 1. The fourth-order valence-corrected chi connectivity index (χ4v) is 7.58. The van der Waals surface area contributed by atoms with Gasteiger partial charge in [0.2, 0.25) is 11.8 Å². The van der Waals surface area contributed by atoms with Gasteiger partial charge in [-0.1, -0.05) is 41.4 Å². The second kappa shape index (κ2) is 8.67. The predicted octanol–water partition coefficient (Wildman–Crippen LogP) is 5.84. The lowest BCUT2D eigenvalue weighted by Gasteiger charge is -2.39. The van der Waals surface area contributed by atoms with E-state index in [1.807, 2.05) is 6.07 Å². The molecule has 41 heavy (non-hydrogen) atoms. The number of carbonyl (C=O) groups excluding carboxylic acids is 1. The minimum absolute atomic E-state index is 0.0337. The van der Waals surface area contributed by atoms with E-state index < -0.39 is 29.3 Å². The van der Waals surface area contributed by atoms with Gasteiger partial charge in [-0.05, 0) is 60.7 Å². The largest absolute Gasteiger partial charge is 0.478 e. The van der Waals surface area contributed by atoms with E-state index in [9.17, 15) is 14.7 Å². The molecule has 3 aromatic carbocycles. The van der Waals surface area contributed by atoms with Crippen molar-refractivity contribution in [1.29, 1.82) is 0 Å². The number of carboxylic acids is 1. The van der Waals surface area contributed by atoms with Crippen molar-refractivity contribution >= 4 is 51.7 Å². The highest BCUT2D eigenvalue weighted by molar-refractivity contribution is 6.31. The zero-order valence-electron chi connectivity index (χ0n) is 21.5. The van der Waals surface area contributed by atoms with Crippen LogP contribution >= 0.6 is 23.2 Å². The van der Waals surface area contributed by atoms with Gasteiger partial charge in [0.15, 0.2) is 0 Å². The van der Waals surface area contributed by atoms with Crippen molar-refractivity contribution in [2.75, 3.05) is 18.5 Å². The SMILES string of the molecule is O=C(O)c1ccc2nn3c(c2c1)OC[C@H]1[C@@H]3[C@H](c2cccc(Cl)c2F)[C@]2(C(=O)Nc3cc(Cl)ccc32)N1CC1CC1. The van der Waals surface area contributed by atoms with Crippen LogP contribution in [-0.2, 0) is 10.3 Å². The Labute approximate surface area is 243 Å². The van der Waals surface area contributed by atoms with E-state index in [1.165, 1.54) is 18.2 Å². The number of hydrogen-bond donors (Lipinski definition) is 2. The molecule has 1 saturated heterocycles. The first-order valence-corrected chi connectivity index (χ1v) is 14.2. The Morgan fingerprint density at radius 1 is 1.17 bits per heavy atom. The summed E-state index contributed by atoms with van der Waals surface area (Å²) in [6.07, 6.45) is 2.09. The summed E-state index contributed by atoms with van der Waals surface area (Å²) in [5, 5.41) is 18.5. The van der Waals surface area contributed by atoms with Crippen molar-refractivity contribution in [3.63, 3.8) is 0 Å². The number of carbonyl (C=O) groups is 2. The van der Waals surface area contributed by atoms with Gasteiger partial charge >= 0.3 is 5.97 Å². The Morgan fingerprint density at radius 3 is 2.78 bits per heavy atom. The molecule has 8 rings (SSSR count). The fourth-order valence-electron chi connectivity index (χ4n) is 7.22. The zero-order chi connectivity index (χ0) is 28.2. The van der Waals surface area contributed by atoms with Gasteiger partial charge in [-0.25, -0.2) is 13.9 Å². The van der Waals surface area contributed by atoms with Crippen molar-refractivity contribution in [1.82, 2.24) is 14.7 Å². The molecular weight excluding hydrogens is 570 g/mol. The summed E-state index contributed by atoms with van der Waals surface area (Å²) in [4.78, 5) is 28.3. The average Bonchev–Trinajstić information content (AvgIpc) is 3.54. The van der Waals surface area contributed by atoms with E-state index in [4.69, 9.17) is 33.0 Å². The number of amides is 1. The molecule has 2 fully saturated rings. The molecule has 0 unspecified atom stereocenters. The van der Waals surface area contributed by atoms with Gasteiger partial charge < -0.3 is 15.2 Å².